The van der Waals surface area contributed by atoms with Crippen molar-refractivity contribution in [3.63, 3.8) is 0 Å². The van der Waals surface area contributed by atoms with Crippen LogP contribution in [0, 0.1) is 0 Å². The van der Waals surface area contributed by atoms with Crippen molar-refractivity contribution in [2.45, 2.75) is 26.9 Å². The van der Waals surface area contributed by atoms with E-state index in [2.05, 4.69) is 11.9 Å². The number of allylic oxidation sites excluding steroid dienone is 1. The van der Waals surface area contributed by atoms with Gasteiger partial charge in [-0.25, -0.2) is 4.79 Å². The van der Waals surface area contributed by atoms with Crippen LogP contribution in [0.5, 0.6) is 11.5 Å². The summed E-state index contributed by atoms with van der Waals surface area (Å²) in [5.41, 5.74) is 2.77. The van der Waals surface area contributed by atoms with Crippen LogP contribution in [-0.4, -0.2) is 47.7 Å². The van der Waals surface area contributed by atoms with E-state index in [0.29, 0.717) is 36.7 Å². The minimum atomic E-state index is -0.635. The van der Waals surface area contributed by atoms with Crippen LogP contribution in [0.2, 0.25) is 5.02 Å². The van der Waals surface area contributed by atoms with Crippen LogP contribution < -0.4 is 14.8 Å². The first-order valence-corrected chi connectivity index (χ1v) is 15.0. The Morgan fingerprint density at radius 1 is 1.02 bits per heavy atom. The van der Waals surface area contributed by atoms with Crippen molar-refractivity contribution in [1.82, 2.24) is 4.90 Å². The molecular weight excluding hydrogens is 604 g/mol. The maximum atomic E-state index is 13.2. The lowest BCUT2D eigenvalue weighted by molar-refractivity contribution is -0.127. The first-order valence-electron chi connectivity index (χ1n) is 13.8. The molecule has 3 amide bonds. The summed E-state index contributed by atoms with van der Waals surface area (Å²) in [5, 5.41) is 2.17. The van der Waals surface area contributed by atoms with Crippen molar-refractivity contribution in [1.29, 1.82) is 0 Å². The number of hydrogen-bond donors (Lipinski definition) is 1. The van der Waals surface area contributed by atoms with Gasteiger partial charge in [0.15, 0.2) is 11.5 Å². The van der Waals surface area contributed by atoms with Gasteiger partial charge in [0.25, 0.3) is 11.1 Å². The molecule has 0 radical (unpaired) electrons. The Balaban J connectivity index is 1.51. The number of thioether (sulfide) groups is 1. The molecule has 0 saturated carbocycles. The van der Waals surface area contributed by atoms with Crippen molar-refractivity contribution in [3.8, 4) is 11.5 Å². The fraction of sp³-hybridized carbons (Fsp3) is 0.212. The van der Waals surface area contributed by atoms with Crippen LogP contribution in [0.1, 0.15) is 40.9 Å². The first-order chi connectivity index (χ1) is 21.2. The molecule has 1 saturated heterocycles. The molecule has 1 aliphatic heterocycles. The molecular formula is C33H31ClN2O7S. The number of anilines is 1. The van der Waals surface area contributed by atoms with Crippen LogP contribution in [0.25, 0.3) is 6.08 Å². The first kappa shape index (κ1) is 32.4. The number of amides is 3. The zero-order valence-electron chi connectivity index (χ0n) is 24.3. The highest BCUT2D eigenvalue weighted by Gasteiger charge is 2.36. The quantitative estimate of drug-likeness (QED) is 0.123. The zero-order chi connectivity index (χ0) is 31.6. The van der Waals surface area contributed by atoms with Crippen LogP contribution in [0.4, 0.5) is 10.5 Å². The molecule has 4 rings (SSSR count). The van der Waals surface area contributed by atoms with E-state index >= 15 is 0 Å². The van der Waals surface area contributed by atoms with E-state index < -0.39 is 29.6 Å². The number of carbonyl (C=O) groups is 4. The molecule has 11 heteroatoms. The summed E-state index contributed by atoms with van der Waals surface area (Å²) >= 11 is 6.82. The summed E-state index contributed by atoms with van der Waals surface area (Å²) < 4.78 is 17.0. The minimum absolute atomic E-state index is 0.0825. The Bertz CT molecular complexity index is 1610. The number of rotatable bonds is 13. The van der Waals surface area contributed by atoms with Crippen LogP contribution in [0.3, 0.4) is 0 Å². The van der Waals surface area contributed by atoms with Crippen molar-refractivity contribution in [2.75, 3.05) is 25.1 Å². The van der Waals surface area contributed by atoms with Gasteiger partial charge in [0.2, 0.25) is 5.91 Å². The van der Waals surface area contributed by atoms with Crippen molar-refractivity contribution < 1.29 is 33.4 Å². The number of benzene rings is 3. The zero-order valence-corrected chi connectivity index (χ0v) is 25.8. The van der Waals surface area contributed by atoms with E-state index in [0.717, 1.165) is 27.8 Å². The van der Waals surface area contributed by atoms with Gasteiger partial charge in [0, 0.05) is 11.3 Å². The Kier molecular flexibility index (Phi) is 11.2. The predicted molar refractivity (Wildman–Crippen MR) is 171 cm³/mol. The predicted octanol–water partition coefficient (Wildman–Crippen LogP) is 6.90. The summed E-state index contributed by atoms with van der Waals surface area (Å²) in [6.07, 6.45) is 3.81. The Morgan fingerprint density at radius 3 is 2.50 bits per heavy atom. The number of hydrogen-bond acceptors (Lipinski definition) is 8. The second-order valence-electron chi connectivity index (χ2n) is 9.44. The van der Waals surface area contributed by atoms with E-state index in [1.165, 1.54) is 18.2 Å². The third-order valence-corrected chi connectivity index (χ3v) is 7.50. The molecule has 0 aliphatic carbocycles. The highest BCUT2D eigenvalue weighted by atomic mass is 35.5. The molecule has 1 heterocycles. The van der Waals surface area contributed by atoms with Gasteiger partial charge < -0.3 is 19.5 Å². The van der Waals surface area contributed by atoms with E-state index in [1.807, 2.05) is 43.3 Å². The molecule has 3 aromatic carbocycles. The molecule has 44 heavy (non-hydrogen) atoms. The molecule has 1 N–H and O–H groups in total. The van der Waals surface area contributed by atoms with Crippen molar-refractivity contribution >= 4 is 58.1 Å². The van der Waals surface area contributed by atoms with Gasteiger partial charge in [-0.2, -0.15) is 0 Å². The molecule has 1 fully saturated rings. The summed E-state index contributed by atoms with van der Waals surface area (Å²) in [4.78, 5) is 51.9. The van der Waals surface area contributed by atoms with Gasteiger partial charge in [-0.3, -0.25) is 19.3 Å². The van der Waals surface area contributed by atoms with Gasteiger partial charge >= 0.3 is 5.97 Å². The third kappa shape index (κ3) is 8.09. The minimum Gasteiger partial charge on any atom is -0.490 e. The number of imide groups is 1. The van der Waals surface area contributed by atoms with Gasteiger partial charge in [0.05, 0.1) is 28.7 Å². The summed E-state index contributed by atoms with van der Waals surface area (Å²) in [7, 11) is 0. The monoisotopic (exact) mass is 634 g/mol. The molecule has 0 spiro atoms. The smallest absolute Gasteiger partial charge is 0.339 e. The van der Waals surface area contributed by atoms with Gasteiger partial charge in [-0.05, 0) is 79.6 Å². The molecule has 0 bridgehead atoms. The lowest BCUT2D eigenvalue weighted by Crippen LogP contribution is -2.36. The van der Waals surface area contributed by atoms with E-state index in [-0.39, 0.29) is 27.8 Å². The Hall–Kier alpha value is -4.54. The molecule has 0 atom stereocenters. The second kappa shape index (κ2) is 15.3. The Labute approximate surface area is 264 Å². The molecule has 1 aliphatic rings. The fourth-order valence-electron chi connectivity index (χ4n) is 4.33. The van der Waals surface area contributed by atoms with E-state index in [9.17, 15) is 19.2 Å². The Morgan fingerprint density at radius 2 is 1.80 bits per heavy atom. The normalized spacial score (nSPS) is 13.6. The average molecular weight is 635 g/mol. The number of halogens is 1. The summed E-state index contributed by atoms with van der Waals surface area (Å²) in [5.74, 6) is -0.795. The van der Waals surface area contributed by atoms with Crippen LogP contribution in [-0.2, 0) is 27.4 Å². The number of nitrogens with one attached hydrogen (secondary N) is 1. The van der Waals surface area contributed by atoms with Crippen LogP contribution in [0.15, 0.2) is 78.2 Å². The van der Waals surface area contributed by atoms with Crippen molar-refractivity contribution in [2.24, 2.45) is 0 Å². The highest BCUT2D eigenvalue weighted by molar-refractivity contribution is 8.18. The molecule has 3 aromatic rings. The SMILES string of the molecule is C=CCc1cc(/C=C2\SC(=O)N(CC(=O)Nc3ccc(Cl)c(C(=O)OCC)c3)C2=O)cc(OCC)c1OCc1ccccc1. The van der Waals surface area contributed by atoms with Crippen molar-refractivity contribution in [3.05, 3.63) is 106 Å². The standard InChI is InChI=1S/C33H31ClN2O7S/c1-4-10-23-15-22(16-27(41-5-2)30(23)43-20-21-11-8-7-9-12-21)17-28-31(38)36(33(40)44-28)19-29(37)35-24-13-14-26(34)25(18-24)32(39)42-6-3/h4,7-9,11-18H,1,5-6,10,19-20H2,2-3H3,(H,35,37)/b28-17-. The third-order valence-electron chi connectivity index (χ3n) is 6.26. The maximum absolute atomic E-state index is 13.2. The molecule has 9 nitrogen and oxygen atoms in total. The molecule has 0 unspecified atom stereocenters. The lowest BCUT2D eigenvalue weighted by Gasteiger charge is -2.17. The van der Waals surface area contributed by atoms with Gasteiger partial charge in [0.1, 0.15) is 13.2 Å². The maximum Gasteiger partial charge on any atom is 0.339 e. The average Bonchev–Trinajstić information content (AvgIpc) is 3.25. The van der Waals surface area contributed by atoms with Gasteiger partial charge in [-0.15, -0.1) is 6.58 Å². The van der Waals surface area contributed by atoms with Crippen LogP contribution >= 0.6 is 23.4 Å². The summed E-state index contributed by atoms with van der Waals surface area (Å²) in [6.45, 7) is 7.74. The van der Waals surface area contributed by atoms with E-state index in [4.69, 9.17) is 25.8 Å². The van der Waals surface area contributed by atoms with E-state index in [1.54, 1.807) is 25.1 Å². The highest BCUT2D eigenvalue weighted by Crippen LogP contribution is 2.38. The number of nitrogens with zero attached hydrogens (tertiary/aromatic N) is 1. The number of carbonyl (C=O) groups excluding carboxylic acids is 4. The largest absolute Gasteiger partial charge is 0.490 e. The van der Waals surface area contributed by atoms with Gasteiger partial charge in [-0.1, -0.05) is 48.0 Å². The second-order valence-corrected chi connectivity index (χ2v) is 10.8. The number of ether oxygens (including phenoxy) is 3. The number of esters is 1. The topological polar surface area (TPSA) is 111 Å². The molecule has 0 aromatic heterocycles. The summed E-state index contributed by atoms with van der Waals surface area (Å²) in [6, 6.07) is 17.7. The molecule has 228 valence electrons. The fourth-order valence-corrected chi connectivity index (χ4v) is 5.36. The lowest BCUT2D eigenvalue weighted by atomic mass is 10.0.